The molecule has 0 aliphatic rings. The average molecular weight is 689 g/mol. The molecule has 0 aliphatic carbocycles. The monoisotopic (exact) mass is 688 g/mol. The van der Waals surface area contributed by atoms with E-state index in [1.54, 1.807) is 7.11 Å². The summed E-state index contributed by atoms with van der Waals surface area (Å²) in [6.07, 6.45) is 4.76. The van der Waals surface area contributed by atoms with Gasteiger partial charge in [0.05, 0.1) is 38.6 Å². The van der Waals surface area contributed by atoms with E-state index in [0.717, 1.165) is 12.0 Å². The topological polar surface area (TPSA) is 63.2 Å². The Morgan fingerprint density at radius 2 is 1.37 bits per heavy atom. The third kappa shape index (κ3) is 12.1. The quantitative estimate of drug-likeness (QED) is 0.0462. The van der Waals surface area contributed by atoms with Crippen LogP contribution in [-0.2, 0) is 34.8 Å². The lowest BCUT2D eigenvalue weighted by Crippen LogP contribution is -2.68. The molecular weight excluding hydrogens is 629 g/mol. The molecule has 3 rings (SSSR count). The van der Waals surface area contributed by atoms with Crippen molar-refractivity contribution < 1.29 is 28.2 Å². The Labute approximate surface area is 297 Å². The number of ketones is 1. The minimum absolute atomic E-state index is 0.105. The number of Topliss-reactive ketones (excluding diaryl/α,β-unsaturated/α-hetero) is 1. The maximum absolute atomic E-state index is 13.6. The van der Waals surface area contributed by atoms with Gasteiger partial charge in [-0.3, -0.25) is 4.79 Å². The normalized spacial score (nSPS) is 15.0. The van der Waals surface area contributed by atoms with E-state index < -0.39 is 14.4 Å². The molecule has 4 atom stereocenters. The smallest absolute Gasteiger partial charge is 0.261 e. The van der Waals surface area contributed by atoms with Crippen molar-refractivity contribution in [2.75, 3.05) is 33.7 Å². The van der Waals surface area contributed by atoms with Crippen LogP contribution in [0.25, 0.3) is 0 Å². The molecule has 0 radical (unpaired) electrons. The van der Waals surface area contributed by atoms with Crippen molar-refractivity contribution in [3.8, 4) is 0 Å². The van der Waals surface area contributed by atoms with Crippen LogP contribution in [0.15, 0.2) is 103 Å². The summed E-state index contributed by atoms with van der Waals surface area (Å²) in [4.78, 5) is 13.6. The summed E-state index contributed by atoms with van der Waals surface area (Å²) in [5.41, 5.74) is 1.16. The Kier molecular flexibility index (Phi) is 17.1. The van der Waals surface area contributed by atoms with Crippen LogP contribution in [-0.4, -0.2) is 60.0 Å². The zero-order valence-electron chi connectivity index (χ0n) is 31.1. The standard InChI is InChI=1S/C42H60O6Si/c1-9-35(30-46-31-36-19-13-10-14-20-36)25-26-40(47-32-45-28-27-44-8)34(4)41(29-39(43)33(2)3)48-49(42(5,6)7,37-21-15-11-16-22-37)38-23-17-12-18-24-38/h10-26,33-35,40-41H,9,27-32H2,1-8H3/b26-25-/t34?,35-,40+,41-/m0/s1. The molecule has 3 aromatic carbocycles. The molecule has 0 N–H and O–H groups in total. The molecule has 0 bridgehead atoms. The summed E-state index contributed by atoms with van der Waals surface area (Å²) in [5, 5.41) is 2.12. The van der Waals surface area contributed by atoms with Crippen LogP contribution in [0.5, 0.6) is 0 Å². The molecule has 3 aromatic rings. The largest absolute Gasteiger partial charge is 0.404 e. The molecule has 0 spiro atoms. The molecule has 7 heteroatoms. The van der Waals surface area contributed by atoms with Crippen molar-refractivity contribution in [1.29, 1.82) is 0 Å². The highest BCUT2D eigenvalue weighted by Crippen LogP contribution is 2.39. The van der Waals surface area contributed by atoms with Gasteiger partial charge in [0.1, 0.15) is 12.6 Å². The Bertz CT molecular complexity index is 1320. The number of methoxy groups -OCH3 is 1. The van der Waals surface area contributed by atoms with Crippen LogP contribution in [0.3, 0.4) is 0 Å². The van der Waals surface area contributed by atoms with Crippen molar-refractivity contribution >= 4 is 24.5 Å². The first-order valence-corrected chi connectivity index (χ1v) is 19.7. The van der Waals surface area contributed by atoms with Crippen LogP contribution >= 0.6 is 0 Å². The molecule has 268 valence electrons. The zero-order valence-corrected chi connectivity index (χ0v) is 32.1. The van der Waals surface area contributed by atoms with Crippen LogP contribution in [0.2, 0.25) is 5.04 Å². The summed E-state index contributed by atoms with van der Waals surface area (Å²) < 4.78 is 31.2. The van der Waals surface area contributed by atoms with Gasteiger partial charge in [-0.1, -0.05) is 152 Å². The number of carbonyl (C=O) groups is 1. The second-order valence-corrected chi connectivity index (χ2v) is 18.5. The molecule has 0 heterocycles. The average Bonchev–Trinajstić information content (AvgIpc) is 3.10. The van der Waals surface area contributed by atoms with E-state index in [2.05, 4.69) is 107 Å². The molecule has 0 saturated heterocycles. The Hall–Kier alpha value is -2.91. The van der Waals surface area contributed by atoms with Crippen LogP contribution in [0.1, 0.15) is 66.9 Å². The lowest BCUT2D eigenvalue weighted by molar-refractivity contribution is -0.127. The number of benzene rings is 3. The first kappa shape index (κ1) is 40.5. The fraction of sp³-hybridized carbons (Fsp3) is 0.500. The maximum atomic E-state index is 13.6. The van der Waals surface area contributed by atoms with E-state index in [1.807, 2.05) is 44.2 Å². The summed E-state index contributed by atoms with van der Waals surface area (Å²) in [6, 6.07) is 31.4. The molecule has 0 aromatic heterocycles. The summed E-state index contributed by atoms with van der Waals surface area (Å²) >= 11 is 0. The van der Waals surface area contributed by atoms with Gasteiger partial charge in [0, 0.05) is 31.3 Å². The fourth-order valence-electron chi connectivity index (χ4n) is 6.09. The van der Waals surface area contributed by atoms with Gasteiger partial charge in [-0.15, -0.1) is 0 Å². The third-order valence-electron chi connectivity index (χ3n) is 9.21. The third-order valence-corrected chi connectivity index (χ3v) is 14.3. The van der Waals surface area contributed by atoms with Crippen molar-refractivity contribution in [2.24, 2.45) is 17.8 Å². The van der Waals surface area contributed by atoms with Gasteiger partial charge >= 0.3 is 0 Å². The highest BCUT2D eigenvalue weighted by molar-refractivity contribution is 6.99. The van der Waals surface area contributed by atoms with Gasteiger partial charge in [-0.05, 0) is 27.4 Å². The van der Waals surface area contributed by atoms with Crippen molar-refractivity contribution in [1.82, 2.24) is 0 Å². The molecular formula is C42H60O6Si. The summed E-state index contributed by atoms with van der Waals surface area (Å²) in [6.45, 7) is 17.2. The van der Waals surface area contributed by atoms with E-state index in [0.29, 0.717) is 32.8 Å². The van der Waals surface area contributed by atoms with E-state index in [4.69, 9.17) is 23.4 Å². The van der Waals surface area contributed by atoms with E-state index in [1.165, 1.54) is 10.4 Å². The SMILES string of the molecule is CC[C@@H](/C=C\[C@@H](OCOCCOC)C(C)[C@H](CC(=O)C(C)C)O[Si](c1ccccc1)(c1ccccc1)C(C)(C)C)COCc1ccccc1. The van der Waals surface area contributed by atoms with Crippen LogP contribution in [0.4, 0.5) is 0 Å². The highest BCUT2D eigenvalue weighted by Gasteiger charge is 2.52. The van der Waals surface area contributed by atoms with Crippen LogP contribution in [0, 0.1) is 17.8 Å². The van der Waals surface area contributed by atoms with Crippen molar-refractivity contribution in [3.05, 3.63) is 109 Å². The number of rotatable bonds is 22. The Balaban J connectivity index is 2.01. The first-order valence-electron chi connectivity index (χ1n) is 17.8. The predicted octanol–water partition coefficient (Wildman–Crippen LogP) is 7.99. The van der Waals surface area contributed by atoms with Gasteiger partial charge in [0.25, 0.3) is 8.32 Å². The second kappa shape index (κ2) is 20.7. The molecule has 0 fully saturated rings. The Morgan fingerprint density at radius 1 is 0.796 bits per heavy atom. The van der Waals surface area contributed by atoms with E-state index >= 15 is 0 Å². The van der Waals surface area contributed by atoms with Gasteiger partial charge in [-0.2, -0.15) is 0 Å². The van der Waals surface area contributed by atoms with Crippen molar-refractivity contribution in [2.45, 2.75) is 85.2 Å². The van der Waals surface area contributed by atoms with Gasteiger partial charge < -0.3 is 23.4 Å². The lowest BCUT2D eigenvalue weighted by atomic mass is 9.90. The lowest BCUT2D eigenvalue weighted by Gasteiger charge is -2.46. The number of ether oxygens (including phenoxy) is 4. The van der Waals surface area contributed by atoms with Gasteiger partial charge in [-0.25, -0.2) is 0 Å². The van der Waals surface area contributed by atoms with E-state index in [9.17, 15) is 4.79 Å². The molecule has 6 nitrogen and oxygen atoms in total. The summed E-state index contributed by atoms with van der Waals surface area (Å²) in [5.74, 6) is 0.0877. The van der Waals surface area contributed by atoms with E-state index in [-0.39, 0.29) is 41.5 Å². The minimum atomic E-state index is -2.97. The minimum Gasteiger partial charge on any atom is -0.404 e. The number of hydrogen-bond acceptors (Lipinski definition) is 6. The number of carbonyl (C=O) groups excluding carboxylic acids is 1. The second-order valence-electron chi connectivity index (χ2n) is 14.2. The highest BCUT2D eigenvalue weighted by atomic mass is 28.4. The summed E-state index contributed by atoms with van der Waals surface area (Å²) in [7, 11) is -1.32. The van der Waals surface area contributed by atoms with Crippen LogP contribution < -0.4 is 10.4 Å². The first-order chi connectivity index (χ1) is 23.5. The number of hydrogen-bond donors (Lipinski definition) is 0. The van der Waals surface area contributed by atoms with Gasteiger partial charge in [0.2, 0.25) is 0 Å². The fourth-order valence-corrected chi connectivity index (χ4v) is 10.9. The molecule has 1 unspecified atom stereocenters. The molecule has 0 aliphatic heterocycles. The Morgan fingerprint density at radius 3 is 1.88 bits per heavy atom. The molecule has 49 heavy (non-hydrogen) atoms. The predicted molar refractivity (Wildman–Crippen MR) is 203 cm³/mol. The molecule has 0 amide bonds. The molecule has 0 saturated carbocycles. The zero-order chi connectivity index (χ0) is 35.7. The maximum Gasteiger partial charge on any atom is 0.261 e. The van der Waals surface area contributed by atoms with Crippen molar-refractivity contribution in [3.63, 3.8) is 0 Å². The van der Waals surface area contributed by atoms with Gasteiger partial charge in [0.15, 0.2) is 0 Å².